The van der Waals surface area contributed by atoms with Crippen molar-refractivity contribution in [3.05, 3.63) is 29.8 Å². The molecule has 0 unspecified atom stereocenters. The molecule has 3 nitrogen and oxygen atoms in total. The molecule has 0 aliphatic heterocycles. The Bertz CT molecular complexity index is 345. The van der Waals surface area contributed by atoms with Gasteiger partial charge in [0, 0.05) is 12.2 Å². The lowest BCUT2D eigenvalue weighted by atomic mass is 10.1. The van der Waals surface area contributed by atoms with Crippen molar-refractivity contribution in [3.8, 4) is 5.75 Å². The molecule has 0 spiro atoms. The van der Waals surface area contributed by atoms with Crippen molar-refractivity contribution in [2.24, 2.45) is 0 Å². The van der Waals surface area contributed by atoms with E-state index in [9.17, 15) is 4.79 Å². The Kier molecular flexibility index (Phi) is 4.99. The maximum Gasteiger partial charge on any atom is 0.188 e. The molecule has 1 rings (SSSR count). The molecule has 88 valence electrons. The highest BCUT2D eigenvalue weighted by Gasteiger charge is 2.07. The molecule has 0 saturated heterocycles. The molecule has 0 saturated carbocycles. The van der Waals surface area contributed by atoms with E-state index < -0.39 is 0 Å². The molecule has 0 N–H and O–H groups in total. The van der Waals surface area contributed by atoms with Crippen LogP contribution >= 0.6 is 0 Å². The van der Waals surface area contributed by atoms with E-state index in [0.29, 0.717) is 12.2 Å². The average Bonchev–Trinajstić information content (AvgIpc) is 2.25. The van der Waals surface area contributed by atoms with Crippen molar-refractivity contribution in [1.29, 1.82) is 0 Å². The van der Waals surface area contributed by atoms with Crippen LogP contribution in [-0.2, 0) is 4.74 Å². The van der Waals surface area contributed by atoms with Gasteiger partial charge in [-0.25, -0.2) is 0 Å². The van der Waals surface area contributed by atoms with Crippen molar-refractivity contribution in [1.82, 2.24) is 0 Å². The summed E-state index contributed by atoms with van der Waals surface area (Å²) in [6.45, 7) is 6.45. The lowest BCUT2D eigenvalue weighted by Crippen LogP contribution is -2.10. The highest BCUT2D eigenvalue weighted by Crippen LogP contribution is 2.15. The van der Waals surface area contributed by atoms with Crippen LogP contribution in [0.25, 0.3) is 0 Å². The summed E-state index contributed by atoms with van der Waals surface area (Å²) in [5, 5.41) is 0. The average molecular weight is 222 g/mol. The van der Waals surface area contributed by atoms with Crippen molar-refractivity contribution >= 4 is 5.78 Å². The van der Waals surface area contributed by atoms with Gasteiger partial charge >= 0.3 is 0 Å². The Morgan fingerprint density at radius 2 is 2.12 bits per heavy atom. The molecule has 0 aliphatic carbocycles. The monoisotopic (exact) mass is 222 g/mol. The van der Waals surface area contributed by atoms with Gasteiger partial charge in [-0.15, -0.1) is 0 Å². The van der Waals surface area contributed by atoms with Crippen molar-refractivity contribution in [2.45, 2.75) is 26.9 Å². The summed E-state index contributed by atoms with van der Waals surface area (Å²) >= 11 is 0. The molecule has 1 aromatic rings. The second-order valence-electron chi connectivity index (χ2n) is 3.75. The summed E-state index contributed by atoms with van der Waals surface area (Å²) in [5.74, 6) is 0.702. The molecular formula is C13H18O3. The number of hydrogen-bond donors (Lipinski definition) is 0. The van der Waals surface area contributed by atoms with E-state index in [2.05, 4.69) is 0 Å². The zero-order chi connectivity index (χ0) is 12.0. The van der Waals surface area contributed by atoms with Gasteiger partial charge in [-0.3, -0.25) is 4.79 Å². The van der Waals surface area contributed by atoms with E-state index in [1.807, 2.05) is 32.9 Å². The quantitative estimate of drug-likeness (QED) is 0.694. The number of carbonyl (C=O) groups excluding carboxylic acids is 1. The van der Waals surface area contributed by atoms with Gasteiger partial charge in [0.05, 0.1) is 6.10 Å². The predicted molar refractivity (Wildman–Crippen MR) is 63.0 cm³/mol. The fraction of sp³-hybridized carbons (Fsp3) is 0.462. The first-order valence-corrected chi connectivity index (χ1v) is 5.51. The number of hydrogen-bond acceptors (Lipinski definition) is 3. The smallest absolute Gasteiger partial charge is 0.188 e. The fourth-order valence-corrected chi connectivity index (χ4v) is 1.29. The minimum Gasteiger partial charge on any atom is -0.491 e. The van der Waals surface area contributed by atoms with E-state index in [1.165, 1.54) is 0 Å². The number of Topliss-reactive ketones (excluding diaryl/α,β-unsaturated/α-hetero) is 1. The van der Waals surface area contributed by atoms with Gasteiger partial charge < -0.3 is 9.47 Å². The minimum atomic E-state index is -0.0175. The molecule has 0 atom stereocenters. The van der Waals surface area contributed by atoms with Crippen LogP contribution < -0.4 is 4.74 Å². The highest BCUT2D eigenvalue weighted by atomic mass is 16.5. The standard InChI is InChI=1S/C13H18O3/c1-4-15-9-13(14)11-6-5-7-12(8-11)16-10(2)3/h5-8,10H,4,9H2,1-3H3. The van der Waals surface area contributed by atoms with Crippen LogP contribution in [0.2, 0.25) is 0 Å². The summed E-state index contributed by atoms with van der Waals surface area (Å²) in [5.41, 5.74) is 0.631. The van der Waals surface area contributed by atoms with Crippen LogP contribution in [0, 0.1) is 0 Å². The van der Waals surface area contributed by atoms with Gasteiger partial charge in [-0.2, -0.15) is 0 Å². The lowest BCUT2D eigenvalue weighted by Gasteiger charge is -2.10. The minimum absolute atomic E-state index is 0.0175. The number of carbonyl (C=O) groups is 1. The van der Waals surface area contributed by atoms with E-state index in [0.717, 1.165) is 5.75 Å². The SMILES string of the molecule is CCOCC(=O)c1cccc(OC(C)C)c1. The second-order valence-corrected chi connectivity index (χ2v) is 3.75. The van der Waals surface area contributed by atoms with E-state index >= 15 is 0 Å². The summed E-state index contributed by atoms with van der Waals surface area (Å²) in [7, 11) is 0. The Balaban J connectivity index is 2.69. The Hall–Kier alpha value is -1.35. The molecule has 0 amide bonds. The Morgan fingerprint density at radius 1 is 1.38 bits per heavy atom. The maximum absolute atomic E-state index is 11.7. The van der Waals surface area contributed by atoms with E-state index in [-0.39, 0.29) is 18.5 Å². The summed E-state index contributed by atoms with van der Waals surface area (Å²) in [6.07, 6.45) is 0.109. The maximum atomic E-state index is 11.7. The van der Waals surface area contributed by atoms with Gasteiger partial charge in [0.15, 0.2) is 5.78 Å². The van der Waals surface area contributed by atoms with Gasteiger partial charge in [-0.1, -0.05) is 12.1 Å². The van der Waals surface area contributed by atoms with Crippen molar-refractivity contribution < 1.29 is 14.3 Å². The van der Waals surface area contributed by atoms with Gasteiger partial charge in [-0.05, 0) is 32.9 Å². The largest absolute Gasteiger partial charge is 0.491 e. The van der Waals surface area contributed by atoms with Crippen LogP contribution in [0.1, 0.15) is 31.1 Å². The molecule has 0 aliphatic rings. The zero-order valence-electron chi connectivity index (χ0n) is 10.0. The van der Waals surface area contributed by atoms with Gasteiger partial charge in [0.2, 0.25) is 0 Å². The third kappa shape index (κ3) is 4.03. The first-order chi connectivity index (χ1) is 7.63. The Morgan fingerprint density at radius 3 is 2.75 bits per heavy atom. The first-order valence-electron chi connectivity index (χ1n) is 5.51. The van der Waals surface area contributed by atoms with Crippen molar-refractivity contribution in [2.75, 3.05) is 13.2 Å². The van der Waals surface area contributed by atoms with Gasteiger partial charge in [0.25, 0.3) is 0 Å². The molecule has 16 heavy (non-hydrogen) atoms. The predicted octanol–water partition coefficient (Wildman–Crippen LogP) is 2.69. The Labute approximate surface area is 96.4 Å². The van der Waals surface area contributed by atoms with Crippen molar-refractivity contribution in [3.63, 3.8) is 0 Å². The third-order valence-corrected chi connectivity index (χ3v) is 1.97. The topological polar surface area (TPSA) is 35.5 Å². The van der Waals surface area contributed by atoms with Crippen LogP contribution in [-0.4, -0.2) is 25.1 Å². The summed E-state index contributed by atoms with van der Waals surface area (Å²) < 4.78 is 10.6. The van der Waals surface area contributed by atoms with Crippen LogP contribution in [0.15, 0.2) is 24.3 Å². The molecular weight excluding hydrogens is 204 g/mol. The van der Waals surface area contributed by atoms with Crippen LogP contribution in [0.5, 0.6) is 5.75 Å². The normalized spacial score (nSPS) is 10.5. The number of ether oxygens (including phenoxy) is 2. The first kappa shape index (κ1) is 12.7. The molecule has 1 aromatic carbocycles. The third-order valence-electron chi connectivity index (χ3n) is 1.97. The summed E-state index contributed by atoms with van der Waals surface area (Å²) in [4.78, 5) is 11.7. The van der Waals surface area contributed by atoms with E-state index in [4.69, 9.17) is 9.47 Å². The van der Waals surface area contributed by atoms with Crippen LogP contribution in [0.4, 0.5) is 0 Å². The van der Waals surface area contributed by atoms with Gasteiger partial charge in [0.1, 0.15) is 12.4 Å². The lowest BCUT2D eigenvalue weighted by molar-refractivity contribution is 0.0782. The molecule has 0 fully saturated rings. The molecule has 0 heterocycles. The van der Waals surface area contributed by atoms with E-state index in [1.54, 1.807) is 12.1 Å². The zero-order valence-corrected chi connectivity index (χ0v) is 10.0. The molecule has 0 radical (unpaired) electrons. The summed E-state index contributed by atoms with van der Waals surface area (Å²) in [6, 6.07) is 7.18. The van der Waals surface area contributed by atoms with Crippen LogP contribution in [0.3, 0.4) is 0 Å². The fourth-order valence-electron chi connectivity index (χ4n) is 1.29. The molecule has 3 heteroatoms. The number of rotatable bonds is 6. The molecule has 0 aromatic heterocycles. The number of ketones is 1. The second kappa shape index (κ2) is 6.28. The molecule has 0 bridgehead atoms. The highest BCUT2D eigenvalue weighted by molar-refractivity contribution is 5.97. The number of benzene rings is 1.